The minimum absolute atomic E-state index is 0.137. The number of nitrogens with two attached hydrogens (primary N) is 1. The van der Waals surface area contributed by atoms with Crippen LogP contribution in [0.4, 0.5) is 10.5 Å². The third kappa shape index (κ3) is 8.79. The molecule has 3 aliphatic heterocycles. The molecular weight excluding hydrogens is 720 g/mol. The molecule has 3 saturated heterocycles. The normalized spacial score (nSPS) is 36.4. The third-order valence-electron chi connectivity index (χ3n) is 12.6. The molecule has 0 radical (unpaired) electrons. The highest BCUT2D eigenvalue weighted by atomic mass is 16.7. The lowest BCUT2D eigenvalue weighted by molar-refractivity contribution is -0.295. The number of benzene rings is 1. The average Bonchev–Trinajstić information content (AvgIpc) is 3.74. The summed E-state index contributed by atoms with van der Waals surface area (Å²) in [5, 5.41) is 12.4. The third-order valence-corrected chi connectivity index (χ3v) is 12.6. The van der Waals surface area contributed by atoms with Gasteiger partial charge in [-0.1, -0.05) is 33.8 Å². The first-order chi connectivity index (χ1) is 26.4. The lowest BCUT2D eigenvalue weighted by atomic mass is 9.75. The van der Waals surface area contributed by atoms with E-state index in [0.717, 1.165) is 17.3 Å². The molecule has 56 heavy (non-hydrogen) atoms. The highest BCUT2D eigenvalue weighted by Crippen LogP contribution is 2.39. The number of aliphatic hydroxyl groups is 1. The van der Waals surface area contributed by atoms with Crippen molar-refractivity contribution < 1.29 is 48.0 Å². The lowest BCUT2D eigenvalue weighted by Crippen LogP contribution is -2.59. The second-order valence-corrected chi connectivity index (χ2v) is 16.8. The number of hydrogen-bond donors (Lipinski definition) is 2. The number of amides is 1. The maximum Gasteiger partial charge on any atom is 0.410 e. The van der Waals surface area contributed by atoms with Gasteiger partial charge >= 0.3 is 12.1 Å². The first-order valence-corrected chi connectivity index (χ1v) is 20.2. The lowest BCUT2D eigenvalue weighted by Gasteiger charge is -2.47. The second kappa shape index (κ2) is 17.9. The van der Waals surface area contributed by atoms with Crippen LogP contribution in [0.15, 0.2) is 30.5 Å². The number of fused-ring (bicyclic) bond motifs is 2. The highest BCUT2D eigenvalue weighted by molar-refractivity contribution is 6.00. The molecule has 0 unspecified atom stereocenters. The van der Waals surface area contributed by atoms with Gasteiger partial charge in [-0.25, -0.2) is 4.79 Å². The molecule has 0 saturated carbocycles. The number of unbranched alkanes of at least 4 members (excludes halogenated alkanes) is 1. The number of anilines is 1. The molecule has 2 aromatic rings. The molecule has 13 atom stereocenters. The summed E-state index contributed by atoms with van der Waals surface area (Å²) in [5.74, 6) is -4.83. The number of carbonyl (C=O) groups excluding carboxylic acids is 4. The Morgan fingerprint density at radius 2 is 1.68 bits per heavy atom. The number of rotatable bonds is 10. The van der Waals surface area contributed by atoms with Crippen LogP contribution in [0.1, 0.15) is 80.6 Å². The summed E-state index contributed by atoms with van der Waals surface area (Å²) in [6.07, 6.45) is -1.47. The minimum Gasteiger partial charge on any atom is -0.458 e. The van der Waals surface area contributed by atoms with Gasteiger partial charge in [-0.05, 0) is 85.2 Å². The van der Waals surface area contributed by atoms with Gasteiger partial charge in [-0.2, -0.15) is 0 Å². The molecule has 3 N–H and O–H groups in total. The van der Waals surface area contributed by atoms with Gasteiger partial charge in [-0.3, -0.25) is 14.4 Å². The Labute approximate surface area is 331 Å². The van der Waals surface area contributed by atoms with Crippen LogP contribution in [0.5, 0.6) is 0 Å². The molecule has 0 spiro atoms. The summed E-state index contributed by atoms with van der Waals surface area (Å²) in [6, 6.07) is 6.81. The van der Waals surface area contributed by atoms with Gasteiger partial charge in [0.05, 0.1) is 29.4 Å². The van der Waals surface area contributed by atoms with Crippen LogP contribution < -0.4 is 5.73 Å². The van der Waals surface area contributed by atoms with E-state index in [1.165, 1.54) is 14.0 Å². The number of methoxy groups -OCH3 is 1. The number of cyclic esters (lactones) is 1. The fraction of sp³-hybridized carbons (Fsp3) is 0.714. The zero-order valence-corrected chi connectivity index (χ0v) is 34.8. The Morgan fingerprint density at radius 1 is 0.982 bits per heavy atom. The standard InChI is InChI=1S/C42H64N4O10/c1-11-32-37-33(46(41(51)55-37)19-13-12-18-45-20-17-28-29(43)15-14-16-30(28)45)25(4)34(47)23(2)22-42(7,52-10)38(26(5)35(48)27(6)39(50)54-32)56-40-36(49)31(44(8)9)21-24(3)53-40/h14-17,20,23-27,31-33,36-38,40,49H,11-13,18-19,21-22,43H2,1-10H3/t23-,24-,25-,26+,27-,31+,32-,33-,36-,37-,38-,40+,42-/m1/s1. The van der Waals surface area contributed by atoms with E-state index in [1.54, 1.807) is 25.7 Å². The van der Waals surface area contributed by atoms with Crippen LogP contribution in [0.2, 0.25) is 0 Å². The van der Waals surface area contributed by atoms with Crippen molar-refractivity contribution in [1.29, 1.82) is 0 Å². The van der Waals surface area contributed by atoms with Gasteiger partial charge in [0.1, 0.15) is 23.9 Å². The molecule has 5 rings (SSSR count). The van der Waals surface area contributed by atoms with E-state index in [9.17, 15) is 24.3 Å². The van der Waals surface area contributed by atoms with Crippen LogP contribution in [0.25, 0.3) is 10.9 Å². The second-order valence-electron chi connectivity index (χ2n) is 16.8. The number of carbonyl (C=O) groups is 4. The summed E-state index contributed by atoms with van der Waals surface area (Å²) < 4.78 is 33.0. The molecule has 1 aromatic heterocycles. The monoisotopic (exact) mass is 784 g/mol. The topological polar surface area (TPSA) is 172 Å². The molecule has 1 amide bonds. The number of nitrogen functional groups attached to an aromatic ring is 1. The van der Waals surface area contributed by atoms with Gasteiger partial charge in [0, 0.05) is 61.3 Å². The summed E-state index contributed by atoms with van der Waals surface area (Å²) in [5.41, 5.74) is 6.66. The van der Waals surface area contributed by atoms with Crippen molar-refractivity contribution in [3.05, 3.63) is 30.5 Å². The predicted octanol–water partition coefficient (Wildman–Crippen LogP) is 4.82. The van der Waals surface area contributed by atoms with Crippen LogP contribution in [-0.4, -0.2) is 125 Å². The summed E-state index contributed by atoms with van der Waals surface area (Å²) in [7, 11) is 5.24. The quantitative estimate of drug-likeness (QED) is 0.146. The van der Waals surface area contributed by atoms with Crippen LogP contribution in [0.3, 0.4) is 0 Å². The molecular formula is C42H64N4O10. The molecule has 0 aliphatic carbocycles. The summed E-state index contributed by atoms with van der Waals surface area (Å²) in [6.45, 7) is 13.3. The predicted molar refractivity (Wildman–Crippen MR) is 211 cm³/mol. The van der Waals surface area contributed by atoms with Crippen molar-refractivity contribution >= 4 is 40.2 Å². The van der Waals surface area contributed by atoms with Gasteiger partial charge < -0.3 is 48.9 Å². The molecule has 0 bridgehead atoms. The van der Waals surface area contributed by atoms with Crippen molar-refractivity contribution in [3.63, 3.8) is 0 Å². The fourth-order valence-electron chi connectivity index (χ4n) is 9.17. The van der Waals surface area contributed by atoms with Gasteiger partial charge in [0.25, 0.3) is 0 Å². The molecule has 14 nitrogen and oxygen atoms in total. The number of aliphatic hydroxyl groups excluding tert-OH is 1. The van der Waals surface area contributed by atoms with E-state index in [4.69, 9.17) is 29.4 Å². The largest absolute Gasteiger partial charge is 0.458 e. The van der Waals surface area contributed by atoms with Crippen LogP contribution in [-0.2, 0) is 44.6 Å². The Kier molecular flexibility index (Phi) is 13.9. The number of aromatic nitrogens is 1. The van der Waals surface area contributed by atoms with Gasteiger partial charge in [-0.15, -0.1) is 0 Å². The van der Waals surface area contributed by atoms with E-state index >= 15 is 0 Å². The van der Waals surface area contributed by atoms with Gasteiger partial charge in [0.15, 0.2) is 18.2 Å². The number of hydrogen-bond acceptors (Lipinski definition) is 12. The van der Waals surface area contributed by atoms with E-state index < -0.39 is 83.9 Å². The van der Waals surface area contributed by atoms with Crippen molar-refractivity contribution in [2.75, 3.05) is 33.5 Å². The molecule has 1 aromatic carbocycles. The van der Waals surface area contributed by atoms with E-state index in [0.29, 0.717) is 38.0 Å². The van der Waals surface area contributed by atoms with E-state index in [1.807, 2.05) is 70.2 Å². The zero-order valence-electron chi connectivity index (χ0n) is 34.8. The molecule has 312 valence electrons. The average molecular weight is 785 g/mol. The number of esters is 1. The number of Topliss-reactive ketones (excluding diaryl/α,β-unsaturated/α-hetero) is 2. The van der Waals surface area contributed by atoms with Crippen molar-refractivity contribution in [3.8, 4) is 0 Å². The van der Waals surface area contributed by atoms with Crippen molar-refractivity contribution in [2.24, 2.45) is 23.7 Å². The number of nitrogens with zero attached hydrogens (tertiary/aromatic N) is 3. The first kappa shape index (κ1) is 43.6. The van der Waals surface area contributed by atoms with Crippen LogP contribution in [0, 0.1) is 23.7 Å². The van der Waals surface area contributed by atoms with Crippen molar-refractivity contribution in [2.45, 2.75) is 142 Å². The minimum atomic E-state index is -1.25. The fourth-order valence-corrected chi connectivity index (χ4v) is 9.17. The highest BCUT2D eigenvalue weighted by Gasteiger charge is 2.54. The molecule has 3 fully saturated rings. The molecule has 14 heteroatoms. The summed E-state index contributed by atoms with van der Waals surface area (Å²) in [4.78, 5) is 59.8. The number of ether oxygens (including phenoxy) is 5. The maximum absolute atomic E-state index is 14.6. The van der Waals surface area contributed by atoms with E-state index in [2.05, 4.69) is 4.57 Å². The van der Waals surface area contributed by atoms with Crippen LogP contribution >= 0.6 is 0 Å². The Hall–Kier alpha value is -3.56. The number of aryl methyl sites for hydroxylation is 1. The zero-order chi connectivity index (χ0) is 41.2. The first-order valence-electron chi connectivity index (χ1n) is 20.2. The van der Waals surface area contributed by atoms with Crippen molar-refractivity contribution in [1.82, 2.24) is 14.4 Å². The Morgan fingerprint density at radius 3 is 2.34 bits per heavy atom. The summed E-state index contributed by atoms with van der Waals surface area (Å²) >= 11 is 0. The molecule has 4 heterocycles. The smallest absolute Gasteiger partial charge is 0.410 e. The van der Waals surface area contributed by atoms with Gasteiger partial charge in [0.2, 0.25) is 0 Å². The Balaban J connectivity index is 1.43. The SMILES string of the molecule is CC[C@H]1OC(=O)[C@H](C)C(=O)[C@H](C)[C@@H](O[C@@H]2O[C@H](C)C[C@H](N(C)C)[C@H]2O)[C@](C)(OC)C[C@@H](C)C(=O)[C@H](C)[C@@H]2[C@@H]1OC(=O)N2CCCCn1ccc2c(N)cccc21. The van der Waals surface area contributed by atoms with E-state index in [-0.39, 0.29) is 24.3 Å². The Bertz CT molecular complexity index is 1710. The molecule has 3 aliphatic rings. The number of ketones is 2. The maximum atomic E-state index is 14.6. The number of likely N-dealkylation sites (N-methyl/N-ethyl adjacent to an activating group) is 1.